The van der Waals surface area contributed by atoms with Crippen LogP contribution in [0, 0.1) is 5.92 Å². The predicted octanol–water partition coefficient (Wildman–Crippen LogP) is 7.87. The van der Waals surface area contributed by atoms with Gasteiger partial charge in [0.25, 0.3) is 0 Å². The van der Waals surface area contributed by atoms with Crippen molar-refractivity contribution < 1.29 is 23.1 Å². The maximum atomic E-state index is 13.2. The lowest BCUT2D eigenvalue weighted by Gasteiger charge is -2.45. The number of nitrogens with zero attached hydrogens (tertiary/aromatic N) is 2. The lowest BCUT2D eigenvalue weighted by molar-refractivity contribution is -0.139. The number of alkyl halides is 3. The topological polar surface area (TPSA) is 53.4 Å². The van der Waals surface area contributed by atoms with Crippen molar-refractivity contribution in [2.75, 3.05) is 6.54 Å². The fourth-order valence-electron chi connectivity index (χ4n) is 5.22. The van der Waals surface area contributed by atoms with Gasteiger partial charge in [-0.25, -0.2) is 0 Å². The van der Waals surface area contributed by atoms with E-state index >= 15 is 0 Å². The number of rotatable bonds is 8. The molecule has 2 aromatic carbocycles. The molecule has 3 aromatic rings. The summed E-state index contributed by atoms with van der Waals surface area (Å²) in [5, 5.41) is 9.41. The van der Waals surface area contributed by atoms with Crippen molar-refractivity contribution in [2.24, 2.45) is 5.92 Å². The number of pyridine rings is 1. The molecule has 2 heterocycles. The van der Waals surface area contributed by atoms with Crippen molar-refractivity contribution in [3.8, 4) is 11.3 Å². The zero-order chi connectivity index (χ0) is 27.4. The summed E-state index contributed by atoms with van der Waals surface area (Å²) in [5.74, 6) is -0.955. The van der Waals surface area contributed by atoms with E-state index in [9.17, 15) is 23.1 Å². The molecule has 1 aromatic heterocycles. The first kappa shape index (κ1) is 27.3. The number of hydrogen-bond donors (Lipinski definition) is 1. The minimum Gasteiger partial charge on any atom is -0.481 e. The van der Waals surface area contributed by atoms with Crippen molar-refractivity contribution >= 4 is 5.97 Å². The van der Waals surface area contributed by atoms with Gasteiger partial charge in [-0.1, -0.05) is 61.2 Å². The van der Waals surface area contributed by atoms with Gasteiger partial charge in [0.05, 0.1) is 17.3 Å². The quantitative estimate of drug-likeness (QED) is 0.307. The molecule has 38 heavy (non-hydrogen) atoms. The average molecular weight is 521 g/mol. The van der Waals surface area contributed by atoms with Crippen LogP contribution in [-0.2, 0) is 11.0 Å². The highest BCUT2D eigenvalue weighted by molar-refractivity contribution is 5.67. The van der Waals surface area contributed by atoms with E-state index < -0.39 is 17.7 Å². The third-order valence-electron chi connectivity index (χ3n) is 7.24. The van der Waals surface area contributed by atoms with Crippen molar-refractivity contribution in [1.29, 1.82) is 0 Å². The number of carbonyl (C=O) groups is 1. The minimum atomic E-state index is -4.43. The van der Waals surface area contributed by atoms with Gasteiger partial charge in [0, 0.05) is 24.2 Å². The normalized spacial score (nSPS) is 19.1. The highest BCUT2D eigenvalue weighted by Gasteiger charge is 2.37. The largest absolute Gasteiger partial charge is 0.481 e. The fourth-order valence-corrected chi connectivity index (χ4v) is 5.22. The van der Waals surface area contributed by atoms with Crippen LogP contribution in [0.15, 0.2) is 97.2 Å². The molecule has 0 saturated carbocycles. The summed E-state index contributed by atoms with van der Waals surface area (Å²) < 4.78 is 39.7. The van der Waals surface area contributed by atoms with Gasteiger partial charge in [0.1, 0.15) is 0 Å². The van der Waals surface area contributed by atoms with Crippen LogP contribution in [0.1, 0.15) is 55.0 Å². The van der Waals surface area contributed by atoms with E-state index in [1.54, 1.807) is 6.20 Å². The van der Waals surface area contributed by atoms with Gasteiger partial charge in [0.15, 0.2) is 0 Å². The van der Waals surface area contributed by atoms with Gasteiger partial charge in [0.2, 0.25) is 0 Å². The van der Waals surface area contributed by atoms with Crippen LogP contribution in [0.3, 0.4) is 0 Å². The van der Waals surface area contributed by atoms with E-state index in [1.165, 1.54) is 12.1 Å². The van der Waals surface area contributed by atoms with E-state index in [-0.39, 0.29) is 24.4 Å². The molecule has 1 aliphatic rings. The number of carboxylic acids is 1. The Kier molecular flexibility index (Phi) is 8.17. The SMILES string of the molecule is C=C(C)C(=C)[C@H](c1ccc(-c2ccccn2)cc1)N1CC[C@@H](CC(=O)O)C[C@H]1c1ccc(C(F)(F)F)cc1. The molecule has 1 fully saturated rings. The predicted molar refractivity (Wildman–Crippen MR) is 142 cm³/mol. The number of aliphatic carboxylic acids is 1. The smallest absolute Gasteiger partial charge is 0.416 e. The Morgan fingerprint density at radius 1 is 1.08 bits per heavy atom. The van der Waals surface area contributed by atoms with Gasteiger partial charge in [-0.05, 0) is 73.2 Å². The second-order valence-electron chi connectivity index (χ2n) is 9.91. The van der Waals surface area contributed by atoms with Crippen molar-refractivity contribution in [3.05, 3.63) is 114 Å². The number of hydrogen-bond acceptors (Lipinski definition) is 3. The van der Waals surface area contributed by atoms with Crippen molar-refractivity contribution in [3.63, 3.8) is 0 Å². The Bertz CT molecular complexity index is 1290. The summed E-state index contributed by atoms with van der Waals surface area (Å²) in [6.07, 6.45) is -1.48. The Balaban J connectivity index is 1.73. The Morgan fingerprint density at radius 2 is 1.76 bits per heavy atom. The third kappa shape index (κ3) is 6.22. The summed E-state index contributed by atoms with van der Waals surface area (Å²) in [4.78, 5) is 18.1. The molecular formula is C31H31F3N2O2. The lowest BCUT2D eigenvalue weighted by Crippen LogP contribution is -2.40. The molecule has 0 spiro atoms. The summed E-state index contributed by atoms with van der Waals surface area (Å²) in [7, 11) is 0. The summed E-state index contributed by atoms with van der Waals surface area (Å²) in [5.41, 5.74) is 4.43. The maximum Gasteiger partial charge on any atom is 0.416 e. The zero-order valence-electron chi connectivity index (χ0n) is 21.3. The van der Waals surface area contributed by atoms with Gasteiger partial charge >= 0.3 is 12.1 Å². The number of halogens is 3. The van der Waals surface area contributed by atoms with Crippen LogP contribution in [0.2, 0.25) is 0 Å². The number of aromatic nitrogens is 1. The first-order chi connectivity index (χ1) is 18.0. The third-order valence-corrected chi connectivity index (χ3v) is 7.24. The fraction of sp³-hybridized carbons (Fsp3) is 0.290. The summed E-state index contributed by atoms with van der Waals surface area (Å²) in [6.45, 7) is 10.9. The molecule has 0 unspecified atom stereocenters. The van der Waals surface area contributed by atoms with E-state index in [2.05, 4.69) is 23.0 Å². The molecule has 198 valence electrons. The average Bonchev–Trinajstić information content (AvgIpc) is 2.89. The molecule has 1 N–H and O–H groups in total. The Morgan fingerprint density at radius 3 is 2.32 bits per heavy atom. The molecule has 3 atom stereocenters. The van der Waals surface area contributed by atoms with E-state index in [0.29, 0.717) is 19.4 Å². The van der Waals surface area contributed by atoms with Gasteiger partial charge in [-0.3, -0.25) is 14.7 Å². The van der Waals surface area contributed by atoms with Crippen LogP contribution in [0.25, 0.3) is 11.3 Å². The molecule has 0 bridgehead atoms. The monoisotopic (exact) mass is 520 g/mol. The molecule has 4 rings (SSSR count). The second kappa shape index (κ2) is 11.4. The van der Waals surface area contributed by atoms with Crippen LogP contribution in [0.5, 0.6) is 0 Å². The minimum absolute atomic E-state index is 0.0237. The Hall–Kier alpha value is -3.71. The van der Waals surface area contributed by atoms with Crippen LogP contribution in [0.4, 0.5) is 13.2 Å². The molecule has 0 aliphatic carbocycles. The van der Waals surface area contributed by atoms with E-state index in [4.69, 9.17) is 0 Å². The maximum absolute atomic E-state index is 13.2. The number of benzene rings is 2. The van der Waals surface area contributed by atoms with Crippen LogP contribution in [-0.4, -0.2) is 27.5 Å². The van der Waals surface area contributed by atoms with Crippen molar-refractivity contribution in [2.45, 2.75) is 44.4 Å². The van der Waals surface area contributed by atoms with E-state index in [1.807, 2.05) is 49.4 Å². The molecule has 1 aliphatic heterocycles. The standard InChI is InChI=1S/C31H31F3N2O2/c1-20(2)21(3)30(25-9-7-23(8-10-25)27-6-4-5-16-35-27)36-17-15-22(19-29(37)38)18-28(36)24-11-13-26(14-12-24)31(32,33)34/h4-14,16,22,28,30H,1,3,15,17-19H2,2H3,(H,37,38)/t22-,28+,30-/m1/s1. The van der Waals surface area contributed by atoms with Crippen LogP contribution >= 0.6 is 0 Å². The van der Waals surface area contributed by atoms with Gasteiger partial charge in [-0.15, -0.1) is 0 Å². The summed E-state index contributed by atoms with van der Waals surface area (Å²) >= 11 is 0. The second-order valence-corrected chi connectivity index (χ2v) is 9.91. The zero-order valence-corrected chi connectivity index (χ0v) is 21.3. The van der Waals surface area contributed by atoms with Crippen LogP contribution < -0.4 is 0 Å². The van der Waals surface area contributed by atoms with Crippen molar-refractivity contribution in [1.82, 2.24) is 9.88 Å². The highest BCUT2D eigenvalue weighted by Crippen LogP contribution is 2.45. The lowest BCUT2D eigenvalue weighted by atomic mass is 9.81. The first-order valence-corrected chi connectivity index (χ1v) is 12.6. The molecule has 4 nitrogen and oxygen atoms in total. The molecule has 0 amide bonds. The molecular weight excluding hydrogens is 489 g/mol. The number of carboxylic acid groups (broad SMARTS) is 1. The summed E-state index contributed by atoms with van der Waals surface area (Å²) in [6, 6.07) is 18.4. The molecule has 0 radical (unpaired) electrons. The van der Waals surface area contributed by atoms with E-state index in [0.717, 1.165) is 45.7 Å². The number of likely N-dealkylation sites (tertiary alicyclic amines) is 1. The first-order valence-electron chi connectivity index (χ1n) is 12.6. The molecule has 7 heteroatoms. The Labute approximate surface area is 221 Å². The number of piperidine rings is 1. The highest BCUT2D eigenvalue weighted by atomic mass is 19.4. The van der Waals surface area contributed by atoms with Gasteiger partial charge < -0.3 is 5.11 Å². The van der Waals surface area contributed by atoms with Gasteiger partial charge in [-0.2, -0.15) is 13.2 Å². The molecule has 1 saturated heterocycles.